The summed E-state index contributed by atoms with van der Waals surface area (Å²) >= 11 is 0. The van der Waals surface area contributed by atoms with Gasteiger partial charge in [-0.05, 0) is 34.1 Å². The van der Waals surface area contributed by atoms with Gasteiger partial charge in [0.15, 0.2) is 0 Å². The minimum absolute atomic E-state index is 0. The standard InChI is InChI=1S/C31H30N2O.Pt/c1-30(2,3)25-13-15-32-27(19-25)21-9-7-11-23(17-21)29(34)24-12-8-10-22(18-24)28-20-26(14-16-33-28)31(4,5)6;/h7-16,19-20H,1-6H3;/q-2;+2. The fraction of sp³-hybridized carbons (Fsp3) is 0.258. The number of ketones is 1. The van der Waals surface area contributed by atoms with Gasteiger partial charge in [-0.15, -0.1) is 48.5 Å². The minimum Gasteiger partial charge on any atom is -0.336 e. The van der Waals surface area contributed by atoms with Crippen molar-refractivity contribution in [2.45, 2.75) is 52.4 Å². The maximum atomic E-state index is 13.4. The molecule has 0 N–H and O–H groups in total. The molecule has 3 nitrogen and oxygen atoms in total. The maximum Gasteiger partial charge on any atom is 2.00 e. The number of pyridine rings is 2. The first-order valence-electron chi connectivity index (χ1n) is 11.6. The summed E-state index contributed by atoms with van der Waals surface area (Å²) in [6.07, 6.45) is 3.63. The van der Waals surface area contributed by atoms with Crippen LogP contribution in [0.3, 0.4) is 0 Å². The van der Waals surface area contributed by atoms with Crippen molar-refractivity contribution in [2.24, 2.45) is 0 Å². The quantitative estimate of drug-likeness (QED) is 0.175. The number of nitrogens with zero attached hydrogens (tertiary/aromatic N) is 2. The van der Waals surface area contributed by atoms with Gasteiger partial charge in [-0.25, -0.2) is 0 Å². The van der Waals surface area contributed by atoms with Crippen LogP contribution in [0.25, 0.3) is 22.5 Å². The molecule has 0 aliphatic heterocycles. The molecule has 0 aliphatic carbocycles. The van der Waals surface area contributed by atoms with Gasteiger partial charge in [-0.1, -0.05) is 75.9 Å². The third-order valence-electron chi connectivity index (χ3n) is 5.88. The number of carbonyl (C=O) groups excluding carboxylic acids is 1. The smallest absolute Gasteiger partial charge is 0.336 e. The summed E-state index contributed by atoms with van der Waals surface area (Å²) in [5.41, 5.74) is 6.60. The molecule has 0 unspecified atom stereocenters. The molecule has 4 rings (SSSR count). The van der Waals surface area contributed by atoms with Crippen LogP contribution in [0, 0.1) is 12.1 Å². The monoisotopic (exact) mass is 641 g/mol. The van der Waals surface area contributed by atoms with E-state index in [9.17, 15) is 4.79 Å². The van der Waals surface area contributed by atoms with Crippen LogP contribution in [0.5, 0.6) is 0 Å². The Hall–Kier alpha value is -2.90. The normalized spacial score (nSPS) is 11.6. The molecule has 0 amide bonds. The Morgan fingerprint density at radius 1 is 0.657 bits per heavy atom. The summed E-state index contributed by atoms with van der Waals surface area (Å²) in [6, 6.07) is 26.0. The van der Waals surface area contributed by atoms with E-state index in [2.05, 4.69) is 75.8 Å². The predicted molar refractivity (Wildman–Crippen MR) is 138 cm³/mol. The number of rotatable bonds is 4. The Morgan fingerprint density at radius 3 is 1.43 bits per heavy atom. The molecule has 0 atom stereocenters. The van der Waals surface area contributed by atoms with E-state index in [-0.39, 0.29) is 37.7 Å². The zero-order chi connectivity index (χ0) is 24.5. The summed E-state index contributed by atoms with van der Waals surface area (Å²) in [5.74, 6) is -0.123. The summed E-state index contributed by atoms with van der Waals surface area (Å²) < 4.78 is 0. The van der Waals surface area contributed by atoms with Gasteiger partial charge in [0, 0.05) is 23.8 Å². The van der Waals surface area contributed by atoms with Crippen LogP contribution in [0.2, 0.25) is 0 Å². The first-order valence-corrected chi connectivity index (χ1v) is 11.6. The molecule has 0 saturated heterocycles. The average Bonchev–Trinajstić information content (AvgIpc) is 2.83. The van der Waals surface area contributed by atoms with Gasteiger partial charge in [0.25, 0.3) is 0 Å². The number of hydrogen-bond donors (Lipinski definition) is 0. The van der Waals surface area contributed by atoms with Crippen molar-refractivity contribution < 1.29 is 25.9 Å². The second-order valence-corrected chi connectivity index (χ2v) is 10.6. The molecular formula is C31H30N2OPt. The third-order valence-corrected chi connectivity index (χ3v) is 5.88. The second-order valence-electron chi connectivity index (χ2n) is 10.6. The molecule has 180 valence electrons. The van der Waals surface area contributed by atoms with Gasteiger partial charge in [0.2, 0.25) is 0 Å². The Kier molecular flexibility index (Phi) is 7.92. The summed E-state index contributed by atoms with van der Waals surface area (Å²) in [5, 5.41) is 0. The molecule has 0 fully saturated rings. The Morgan fingerprint density at radius 2 is 1.06 bits per heavy atom. The molecule has 4 aromatic rings. The van der Waals surface area contributed by atoms with Gasteiger partial charge >= 0.3 is 21.1 Å². The Labute approximate surface area is 223 Å². The summed E-state index contributed by atoms with van der Waals surface area (Å²) in [7, 11) is 0. The van der Waals surface area contributed by atoms with Gasteiger partial charge in [0.05, 0.1) is 0 Å². The number of benzene rings is 2. The Balaban J connectivity index is 0.00000342. The van der Waals surface area contributed by atoms with Crippen LogP contribution in [0.1, 0.15) is 68.6 Å². The molecule has 2 heterocycles. The van der Waals surface area contributed by atoms with Crippen LogP contribution in [0.4, 0.5) is 0 Å². The zero-order valence-electron chi connectivity index (χ0n) is 21.0. The van der Waals surface area contributed by atoms with E-state index in [1.54, 1.807) is 12.1 Å². The van der Waals surface area contributed by atoms with E-state index in [1.807, 2.05) is 48.8 Å². The Bertz CT molecular complexity index is 1240. The minimum atomic E-state index is -0.123. The summed E-state index contributed by atoms with van der Waals surface area (Å²) in [6.45, 7) is 13.0. The maximum absolute atomic E-state index is 13.4. The molecular weight excluding hydrogens is 611 g/mol. The van der Waals surface area contributed by atoms with E-state index in [1.165, 1.54) is 11.1 Å². The van der Waals surface area contributed by atoms with Gasteiger partial charge in [0.1, 0.15) is 5.78 Å². The number of hydrogen-bond acceptors (Lipinski definition) is 3. The molecule has 4 heteroatoms. The first-order chi connectivity index (χ1) is 16.0. The van der Waals surface area contributed by atoms with Crippen LogP contribution < -0.4 is 0 Å². The van der Waals surface area contributed by atoms with Gasteiger partial charge in [-0.2, -0.15) is 0 Å². The van der Waals surface area contributed by atoms with Crippen LogP contribution in [-0.4, -0.2) is 15.8 Å². The molecule has 0 spiro atoms. The average molecular weight is 642 g/mol. The van der Waals surface area contributed by atoms with Crippen molar-refractivity contribution >= 4 is 5.78 Å². The largest absolute Gasteiger partial charge is 2.00 e. The van der Waals surface area contributed by atoms with Crippen molar-refractivity contribution in [1.29, 1.82) is 0 Å². The van der Waals surface area contributed by atoms with E-state index < -0.39 is 0 Å². The van der Waals surface area contributed by atoms with Crippen molar-refractivity contribution in [1.82, 2.24) is 9.97 Å². The third kappa shape index (κ3) is 6.21. The van der Waals surface area contributed by atoms with Crippen LogP contribution >= 0.6 is 0 Å². The molecule has 35 heavy (non-hydrogen) atoms. The molecule has 2 aromatic heterocycles. The fourth-order valence-corrected chi connectivity index (χ4v) is 3.74. The molecule has 0 radical (unpaired) electrons. The molecule has 2 aromatic carbocycles. The summed E-state index contributed by atoms with van der Waals surface area (Å²) in [4.78, 5) is 22.4. The SMILES string of the molecule is CC(C)(C)c1ccnc(-c2[c-]c(C(=O)c3[c-]c(-c4cc(C(C)(C)C)ccn4)ccc3)ccc2)c1.[Pt+2]. The van der Waals surface area contributed by atoms with E-state index in [0.717, 1.165) is 22.5 Å². The molecule has 0 bridgehead atoms. The number of carbonyl (C=O) groups is 1. The predicted octanol–water partition coefficient (Wildman–Crippen LogP) is 7.23. The molecule has 0 saturated carbocycles. The van der Waals surface area contributed by atoms with E-state index in [4.69, 9.17) is 0 Å². The second kappa shape index (κ2) is 10.4. The van der Waals surface area contributed by atoms with Crippen molar-refractivity contribution in [3.8, 4) is 22.5 Å². The van der Waals surface area contributed by atoms with Crippen molar-refractivity contribution in [3.05, 3.63) is 107 Å². The topological polar surface area (TPSA) is 42.9 Å². The van der Waals surface area contributed by atoms with Crippen LogP contribution in [0.15, 0.2) is 73.1 Å². The fourth-order valence-electron chi connectivity index (χ4n) is 3.74. The molecule has 0 aliphatic rings. The van der Waals surface area contributed by atoms with Gasteiger partial charge in [-0.3, -0.25) is 9.97 Å². The van der Waals surface area contributed by atoms with Gasteiger partial charge < -0.3 is 4.79 Å². The number of aromatic nitrogens is 2. The first kappa shape index (κ1) is 26.7. The van der Waals surface area contributed by atoms with Crippen LogP contribution in [-0.2, 0) is 31.9 Å². The van der Waals surface area contributed by atoms with E-state index in [0.29, 0.717) is 11.1 Å². The zero-order valence-corrected chi connectivity index (χ0v) is 23.3. The van der Waals surface area contributed by atoms with E-state index >= 15 is 0 Å². The van der Waals surface area contributed by atoms with Crippen molar-refractivity contribution in [3.63, 3.8) is 0 Å². The van der Waals surface area contributed by atoms with Crippen molar-refractivity contribution in [2.75, 3.05) is 0 Å².